The average molecular weight is 655 g/mol. The van der Waals surface area contributed by atoms with E-state index in [4.69, 9.17) is 9.47 Å². The predicted octanol–water partition coefficient (Wildman–Crippen LogP) is 5.40. The molecule has 0 aliphatic carbocycles. The zero-order valence-corrected chi connectivity index (χ0v) is 28.1. The molecule has 6 rings (SSSR count). The standard InChI is InChI=1S/C38H46N4O6/c1-5-37-22-23-38(48-37)32(31(37)34(44)39-27-16-20-29(21-17-27)47-8-4)36(46)42(30(24-43)25-12-10-9-11-13-25)33(38)35(45)40-26-14-18-28(19-15-26)41(6-2)7-3/h9-21,30-33,43H,5-8,22-24H2,1-4H3,(H,39,44)(H,40,45)/t30-,31+,32+,33?,37-,38?/m1/s1. The second kappa shape index (κ2) is 13.6. The lowest BCUT2D eigenvalue weighted by molar-refractivity contribution is -0.148. The van der Waals surface area contributed by atoms with E-state index in [9.17, 15) is 19.5 Å². The normalized spacial score (nSPS) is 26.2. The first kappa shape index (κ1) is 33.5. The van der Waals surface area contributed by atoms with Crippen LogP contribution in [0.25, 0.3) is 0 Å². The molecule has 3 N–H and O–H groups in total. The number of likely N-dealkylation sites (tertiary alicyclic amines) is 1. The maximum absolute atomic E-state index is 14.8. The molecule has 10 nitrogen and oxygen atoms in total. The fourth-order valence-corrected chi connectivity index (χ4v) is 8.29. The Morgan fingerprint density at radius 3 is 2.12 bits per heavy atom. The summed E-state index contributed by atoms with van der Waals surface area (Å²) < 4.78 is 12.5. The molecule has 3 amide bonds. The topological polar surface area (TPSA) is 120 Å². The Labute approximate surface area is 282 Å². The van der Waals surface area contributed by atoms with E-state index >= 15 is 0 Å². The Balaban J connectivity index is 1.37. The van der Waals surface area contributed by atoms with Crippen LogP contribution in [0.15, 0.2) is 78.9 Å². The van der Waals surface area contributed by atoms with E-state index in [1.807, 2.05) is 68.4 Å². The van der Waals surface area contributed by atoms with Crippen LogP contribution in [0.2, 0.25) is 0 Å². The zero-order valence-electron chi connectivity index (χ0n) is 28.1. The highest BCUT2D eigenvalue weighted by Gasteiger charge is 2.79. The van der Waals surface area contributed by atoms with Gasteiger partial charge in [0.2, 0.25) is 17.7 Å². The van der Waals surface area contributed by atoms with Crippen molar-refractivity contribution in [3.05, 3.63) is 84.4 Å². The number of fused-ring (bicyclic) bond motifs is 1. The number of amides is 3. The van der Waals surface area contributed by atoms with Crippen LogP contribution in [0.4, 0.5) is 17.1 Å². The third-order valence-corrected chi connectivity index (χ3v) is 10.5. The molecule has 48 heavy (non-hydrogen) atoms. The minimum atomic E-state index is -1.25. The van der Waals surface area contributed by atoms with Gasteiger partial charge in [-0.3, -0.25) is 14.4 Å². The summed E-state index contributed by atoms with van der Waals surface area (Å²) in [4.78, 5) is 47.3. The smallest absolute Gasteiger partial charge is 0.250 e. The molecule has 3 fully saturated rings. The number of benzene rings is 3. The predicted molar refractivity (Wildman–Crippen MR) is 185 cm³/mol. The van der Waals surface area contributed by atoms with Gasteiger partial charge in [-0.25, -0.2) is 0 Å². The maximum Gasteiger partial charge on any atom is 0.250 e. The number of carbonyl (C=O) groups excluding carboxylic acids is 3. The van der Waals surface area contributed by atoms with Gasteiger partial charge in [0.1, 0.15) is 17.4 Å². The summed E-state index contributed by atoms with van der Waals surface area (Å²) >= 11 is 0. The largest absolute Gasteiger partial charge is 0.494 e. The molecular weight excluding hydrogens is 608 g/mol. The molecule has 3 aromatic carbocycles. The summed E-state index contributed by atoms with van der Waals surface area (Å²) in [5.74, 6) is -2.15. The molecule has 2 unspecified atom stereocenters. The SMILES string of the molecule is CCOc1ccc(NC(=O)[C@@H]2[C@H]3C(=O)N([C@H](CO)c4ccccc4)C(C(=O)Nc4ccc(N(CC)CC)cc4)C34CC[C@@]2(CC)O4)cc1. The molecule has 3 aromatic rings. The first-order chi connectivity index (χ1) is 23.2. The van der Waals surface area contributed by atoms with Gasteiger partial charge in [-0.2, -0.15) is 0 Å². The van der Waals surface area contributed by atoms with Gasteiger partial charge in [0.05, 0.1) is 36.7 Å². The van der Waals surface area contributed by atoms with Gasteiger partial charge in [0, 0.05) is 30.2 Å². The van der Waals surface area contributed by atoms with Crippen LogP contribution < -0.4 is 20.3 Å². The van der Waals surface area contributed by atoms with E-state index in [1.165, 1.54) is 4.90 Å². The quantitative estimate of drug-likeness (QED) is 0.226. The lowest BCUT2D eigenvalue weighted by atomic mass is 9.65. The van der Waals surface area contributed by atoms with Crippen molar-refractivity contribution in [1.29, 1.82) is 0 Å². The molecule has 0 aromatic heterocycles. The van der Waals surface area contributed by atoms with Crippen molar-refractivity contribution in [3.8, 4) is 5.75 Å². The second-order valence-corrected chi connectivity index (χ2v) is 12.8. The Bertz CT molecular complexity index is 1610. The molecule has 3 aliphatic rings. The monoisotopic (exact) mass is 654 g/mol. The second-order valence-electron chi connectivity index (χ2n) is 12.8. The first-order valence-electron chi connectivity index (χ1n) is 17.1. The van der Waals surface area contributed by atoms with Crippen LogP contribution in [-0.4, -0.2) is 71.3 Å². The number of ether oxygens (including phenoxy) is 2. The molecule has 3 heterocycles. The van der Waals surface area contributed by atoms with Gasteiger partial charge >= 0.3 is 0 Å². The third-order valence-electron chi connectivity index (χ3n) is 10.5. The van der Waals surface area contributed by atoms with E-state index in [2.05, 4.69) is 29.4 Å². The minimum Gasteiger partial charge on any atom is -0.494 e. The molecule has 3 saturated heterocycles. The van der Waals surface area contributed by atoms with Crippen LogP contribution >= 0.6 is 0 Å². The molecule has 2 bridgehead atoms. The van der Waals surface area contributed by atoms with Crippen LogP contribution in [0, 0.1) is 11.8 Å². The lowest BCUT2D eigenvalue weighted by Gasteiger charge is -2.37. The summed E-state index contributed by atoms with van der Waals surface area (Å²) in [6.45, 7) is 9.90. The molecule has 1 spiro atoms. The van der Waals surface area contributed by atoms with Gasteiger partial charge in [-0.1, -0.05) is 37.3 Å². The number of aliphatic hydroxyl groups is 1. The van der Waals surface area contributed by atoms with Gasteiger partial charge in [-0.15, -0.1) is 0 Å². The lowest BCUT2D eigenvalue weighted by Crippen LogP contribution is -2.54. The van der Waals surface area contributed by atoms with E-state index < -0.39 is 47.6 Å². The highest BCUT2D eigenvalue weighted by Crippen LogP contribution is 2.65. The van der Waals surface area contributed by atoms with Crippen molar-refractivity contribution in [2.24, 2.45) is 11.8 Å². The fourth-order valence-electron chi connectivity index (χ4n) is 8.29. The van der Waals surface area contributed by atoms with Crippen molar-refractivity contribution >= 4 is 34.8 Å². The number of rotatable bonds is 13. The zero-order chi connectivity index (χ0) is 34.1. The van der Waals surface area contributed by atoms with Crippen LogP contribution in [0.5, 0.6) is 5.75 Å². The van der Waals surface area contributed by atoms with Gasteiger partial charge < -0.3 is 35.0 Å². The molecule has 3 aliphatic heterocycles. The van der Waals surface area contributed by atoms with E-state index in [0.29, 0.717) is 48.6 Å². The van der Waals surface area contributed by atoms with Crippen LogP contribution in [-0.2, 0) is 19.1 Å². The molecule has 6 atom stereocenters. The van der Waals surface area contributed by atoms with Crippen molar-refractivity contribution < 1.29 is 29.0 Å². The Morgan fingerprint density at radius 1 is 0.917 bits per heavy atom. The number of carbonyl (C=O) groups is 3. The minimum absolute atomic E-state index is 0.325. The van der Waals surface area contributed by atoms with Gasteiger partial charge in [-0.05, 0) is 94.1 Å². The fraction of sp³-hybridized carbons (Fsp3) is 0.447. The van der Waals surface area contributed by atoms with Gasteiger partial charge in [0.15, 0.2) is 0 Å². The maximum atomic E-state index is 14.8. The van der Waals surface area contributed by atoms with Crippen molar-refractivity contribution in [2.75, 3.05) is 41.8 Å². The van der Waals surface area contributed by atoms with E-state index in [-0.39, 0.29) is 11.8 Å². The Kier molecular flexibility index (Phi) is 9.49. The van der Waals surface area contributed by atoms with Crippen molar-refractivity contribution in [2.45, 2.75) is 70.2 Å². The number of anilines is 3. The summed E-state index contributed by atoms with van der Waals surface area (Å²) in [6, 6.07) is 22.1. The molecule has 0 saturated carbocycles. The first-order valence-corrected chi connectivity index (χ1v) is 17.1. The average Bonchev–Trinajstić information content (AvgIpc) is 3.71. The van der Waals surface area contributed by atoms with Gasteiger partial charge in [0.25, 0.3) is 0 Å². The highest BCUT2D eigenvalue weighted by molar-refractivity contribution is 6.05. The van der Waals surface area contributed by atoms with Crippen molar-refractivity contribution in [3.63, 3.8) is 0 Å². The van der Waals surface area contributed by atoms with E-state index in [1.54, 1.807) is 24.3 Å². The summed E-state index contributed by atoms with van der Waals surface area (Å²) in [5, 5.41) is 16.9. The number of nitrogens with one attached hydrogen (secondary N) is 2. The van der Waals surface area contributed by atoms with Crippen LogP contribution in [0.3, 0.4) is 0 Å². The molecule has 10 heteroatoms. The molecule has 0 radical (unpaired) electrons. The summed E-state index contributed by atoms with van der Waals surface area (Å²) in [5.41, 5.74) is 0.748. The van der Waals surface area contributed by atoms with Crippen LogP contribution in [0.1, 0.15) is 58.6 Å². The number of aliphatic hydroxyl groups excluding tert-OH is 1. The highest BCUT2D eigenvalue weighted by atomic mass is 16.5. The summed E-state index contributed by atoms with van der Waals surface area (Å²) in [7, 11) is 0. The number of hydrogen-bond donors (Lipinski definition) is 3. The molecular formula is C38H46N4O6. The van der Waals surface area contributed by atoms with Crippen molar-refractivity contribution in [1.82, 2.24) is 4.90 Å². The Hall–Kier alpha value is -4.41. The van der Waals surface area contributed by atoms with E-state index in [0.717, 1.165) is 18.8 Å². The molecule has 254 valence electrons. The Morgan fingerprint density at radius 2 is 1.54 bits per heavy atom. The summed E-state index contributed by atoms with van der Waals surface area (Å²) in [6.07, 6.45) is 1.47. The number of hydrogen-bond acceptors (Lipinski definition) is 7. The third kappa shape index (κ3) is 5.60. The number of nitrogens with zero attached hydrogens (tertiary/aromatic N) is 2.